The molecule has 2 rings (SSSR count). The van der Waals surface area contributed by atoms with Gasteiger partial charge < -0.3 is 10.3 Å². The number of carbonyl (C=O) groups excluding carboxylic acids is 3. The van der Waals surface area contributed by atoms with Crippen LogP contribution in [0, 0.1) is 0 Å². The molecule has 2 aromatic carbocycles. The summed E-state index contributed by atoms with van der Waals surface area (Å²) in [6.07, 6.45) is -1.67. The van der Waals surface area contributed by atoms with Gasteiger partial charge in [0.15, 0.2) is 6.23 Å². The van der Waals surface area contributed by atoms with Crippen molar-refractivity contribution in [3.05, 3.63) is 58.7 Å². The van der Waals surface area contributed by atoms with Gasteiger partial charge in [-0.15, -0.1) is 0 Å². The van der Waals surface area contributed by atoms with E-state index in [2.05, 4.69) is 0 Å². The molecule has 148 valence electrons. The summed E-state index contributed by atoms with van der Waals surface area (Å²) in [5.41, 5.74) is 5.67. The van der Waals surface area contributed by atoms with Crippen LogP contribution in [0.2, 0.25) is 0 Å². The number of hydrogen-bond donors (Lipinski definition) is 9. The molecule has 0 saturated heterocycles. The number of hydroxylamine groups is 4. The second-order valence-corrected chi connectivity index (χ2v) is 5.42. The zero-order chi connectivity index (χ0) is 20.8. The molecule has 0 spiro atoms. The second-order valence-electron chi connectivity index (χ2n) is 5.42. The van der Waals surface area contributed by atoms with E-state index in [1.807, 2.05) is 0 Å². The summed E-state index contributed by atoms with van der Waals surface area (Å²) in [6, 6.07) is 7.79. The van der Waals surface area contributed by atoms with Gasteiger partial charge in [-0.1, -0.05) is 12.1 Å². The van der Waals surface area contributed by atoms with Crippen molar-refractivity contribution in [2.24, 2.45) is 0 Å². The van der Waals surface area contributed by atoms with Crippen molar-refractivity contribution in [1.29, 1.82) is 0 Å². The summed E-state index contributed by atoms with van der Waals surface area (Å²) >= 11 is 0. The maximum atomic E-state index is 11.9. The summed E-state index contributed by atoms with van der Waals surface area (Å²) in [4.78, 5) is 35.2. The molecule has 0 saturated carbocycles. The fourth-order valence-corrected chi connectivity index (χ4v) is 2.54. The van der Waals surface area contributed by atoms with Crippen molar-refractivity contribution in [3.63, 3.8) is 0 Å². The molecular weight excluding hydrogens is 376 g/mol. The van der Waals surface area contributed by atoms with Crippen LogP contribution in [-0.2, 0) is 0 Å². The van der Waals surface area contributed by atoms with Gasteiger partial charge in [-0.3, -0.25) is 30.0 Å². The summed E-state index contributed by atoms with van der Waals surface area (Å²) in [7, 11) is 0. The van der Waals surface area contributed by atoms with Gasteiger partial charge in [0, 0.05) is 11.1 Å². The molecule has 0 aliphatic carbocycles. The number of amides is 3. The van der Waals surface area contributed by atoms with Gasteiger partial charge in [0.2, 0.25) is 0 Å². The predicted molar refractivity (Wildman–Crippen MR) is 89.5 cm³/mol. The van der Waals surface area contributed by atoms with E-state index in [0.717, 1.165) is 0 Å². The Morgan fingerprint density at radius 1 is 0.679 bits per heavy atom. The summed E-state index contributed by atoms with van der Waals surface area (Å²) in [5, 5.41) is 45.3. The minimum Gasteiger partial charge on any atom is -0.372 e. The summed E-state index contributed by atoms with van der Waals surface area (Å²) in [6.45, 7) is 0. The molecule has 0 aliphatic heterocycles. The molecule has 0 aliphatic rings. The van der Waals surface area contributed by atoms with Crippen LogP contribution in [0.15, 0.2) is 36.4 Å². The number of rotatable bonds is 6. The lowest BCUT2D eigenvalue weighted by molar-refractivity contribution is 0.0000459. The molecule has 1 unspecified atom stereocenters. The van der Waals surface area contributed by atoms with Gasteiger partial charge in [0.05, 0.1) is 11.1 Å². The zero-order valence-corrected chi connectivity index (χ0v) is 14.0. The minimum atomic E-state index is -1.67. The van der Waals surface area contributed by atoms with E-state index >= 15 is 0 Å². The zero-order valence-electron chi connectivity index (χ0n) is 14.0. The van der Waals surface area contributed by atoms with E-state index in [-0.39, 0.29) is 22.3 Å². The van der Waals surface area contributed by atoms with Gasteiger partial charge in [0.25, 0.3) is 17.7 Å². The minimum absolute atomic E-state index is 0.100. The standard InChI is InChI=1S/C16H16N4O8/c21-13(17-25)9-3-1-7(5-11(9)15(23)19-27)8-2-4-10(14(22)18-26)12(6-8)16(24)20-28/h1-6,15,19,23,25-28H,(H,17,21)(H,18,22)(H,20,24). The van der Waals surface area contributed by atoms with Gasteiger partial charge in [-0.25, -0.2) is 16.4 Å². The predicted octanol–water partition coefficient (Wildman–Crippen LogP) is -0.320. The quantitative estimate of drug-likeness (QED) is 0.179. The topological polar surface area (TPSA) is 200 Å². The molecule has 0 aromatic heterocycles. The Bertz CT molecular complexity index is 918. The van der Waals surface area contributed by atoms with E-state index in [1.165, 1.54) is 52.8 Å². The van der Waals surface area contributed by atoms with E-state index in [9.17, 15) is 19.5 Å². The van der Waals surface area contributed by atoms with Crippen LogP contribution in [0.3, 0.4) is 0 Å². The molecule has 0 radical (unpaired) electrons. The molecule has 2 aromatic rings. The fraction of sp³-hybridized carbons (Fsp3) is 0.0625. The highest BCUT2D eigenvalue weighted by Crippen LogP contribution is 2.27. The normalized spacial score (nSPS) is 11.5. The molecule has 28 heavy (non-hydrogen) atoms. The molecular formula is C16H16N4O8. The molecule has 1 atom stereocenters. The highest BCUT2D eigenvalue weighted by Gasteiger charge is 2.20. The molecule has 12 nitrogen and oxygen atoms in total. The Morgan fingerprint density at radius 2 is 1.14 bits per heavy atom. The van der Waals surface area contributed by atoms with Crippen LogP contribution in [0.4, 0.5) is 0 Å². The maximum absolute atomic E-state index is 11.9. The van der Waals surface area contributed by atoms with Crippen LogP contribution >= 0.6 is 0 Å². The third-order valence-electron chi connectivity index (χ3n) is 3.86. The average molecular weight is 392 g/mol. The molecule has 0 bridgehead atoms. The first kappa shape index (κ1) is 20.9. The number of carbonyl (C=O) groups is 3. The fourth-order valence-electron chi connectivity index (χ4n) is 2.54. The lowest BCUT2D eigenvalue weighted by atomic mass is 9.94. The SMILES string of the molecule is O=C(NO)c1ccc(-c2ccc(C(=O)NO)c(C(O)NO)c2)cc1C(=O)NO. The van der Waals surface area contributed by atoms with Crippen LogP contribution in [0.25, 0.3) is 11.1 Å². The van der Waals surface area contributed by atoms with E-state index in [0.29, 0.717) is 11.1 Å². The third-order valence-corrected chi connectivity index (χ3v) is 3.86. The number of hydrogen-bond acceptors (Lipinski definition) is 9. The molecule has 0 heterocycles. The van der Waals surface area contributed by atoms with Crippen molar-refractivity contribution < 1.29 is 40.3 Å². The van der Waals surface area contributed by atoms with Crippen LogP contribution < -0.4 is 21.9 Å². The largest absolute Gasteiger partial charge is 0.372 e. The van der Waals surface area contributed by atoms with Crippen molar-refractivity contribution >= 4 is 17.7 Å². The molecule has 0 fully saturated rings. The maximum Gasteiger partial charge on any atom is 0.275 e. The number of nitrogens with one attached hydrogen (secondary N) is 4. The highest BCUT2D eigenvalue weighted by atomic mass is 16.5. The van der Waals surface area contributed by atoms with Crippen molar-refractivity contribution in [1.82, 2.24) is 21.9 Å². The molecule has 9 N–H and O–H groups in total. The third kappa shape index (κ3) is 4.12. The summed E-state index contributed by atoms with van der Waals surface area (Å²) in [5.74, 6) is -2.94. The van der Waals surface area contributed by atoms with E-state index < -0.39 is 23.9 Å². The lowest BCUT2D eigenvalue weighted by Crippen LogP contribution is -2.26. The summed E-state index contributed by atoms with van der Waals surface area (Å²) < 4.78 is 0. The Morgan fingerprint density at radius 3 is 1.68 bits per heavy atom. The van der Waals surface area contributed by atoms with Crippen molar-refractivity contribution in [3.8, 4) is 11.1 Å². The lowest BCUT2D eigenvalue weighted by Gasteiger charge is -2.15. The van der Waals surface area contributed by atoms with Crippen molar-refractivity contribution in [2.45, 2.75) is 6.23 Å². The van der Waals surface area contributed by atoms with Crippen LogP contribution in [0.5, 0.6) is 0 Å². The first-order chi connectivity index (χ1) is 13.4. The Kier molecular flexibility index (Phi) is 6.73. The number of aliphatic hydroxyl groups excluding tert-OH is 1. The number of aliphatic hydroxyl groups is 1. The Balaban J connectivity index is 2.62. The monoisotopic (exact) mass is 392 g/mol. The smallest absolute Gasteiger partial charge is 0.275 e. The van der Waals surface area contributed by atoms with E-state index in [1.54, 1.807) is 5.48 Å². The Hall–Kier alpha value is -3.39. The molecule has 12 heteroatoms. The Labute approximate surface area is 156 Å². The van der Waals surface area contributed by atoms with Crippen molar-refractivity contribution in [2.75, 3.05) is 0 Å². The number of benzene rings is 2. The second kappa shape index (κ2) is 9.01. The first-order valence-corrected chi connectivity index (χ1v) is 7.57. The van der Waals surface area contributed by atoms with Gasteiger partial charge in [-0.05, 0) is 35.4 Å². The van der Waals surface area contributed by atoms with E-state index in [4.69, 9.17) is 20.8 Å². The molecule has 3 amide bonds. The first-order valence-electron chi connectivity index (χ1n) is 7.57. The van der Waals surface area contributed by atoms with Crippen LogP contribution in [-0.4, -0.2) is 43.7 Å². The van der Waals surface area contributed by atoms with Crippen LogP contribution in [0.1, 0.15) is 42.9 Å². The van der Waals surface area contributed by atoms with Gasteiger partial charge in [0.1, 0.15) is 0 Å². The highest BCUT2D eigenvalue weighted by molar-refractivity contribution is 6.07. The average Bonchev–Trinajstić information content (AvgIpc) is 2.75. The van der Waals surface area contributed by atoms with Gasteiger partial charge >= 0.3 is 0 Å². The van der Waals surface area contributed by atoms with Gasteiger partial charge in [-0.2, -0.15) is 5.48 Å².